The number of carbonyl (C=O) groups excluding carboxylic acids is 2. The van der Waals surface area contributed by atoms with Crippen LogP contribution in [-0.4, -0.2) is 21.1 Å². The molecule has 0 unspecified atom stereocenters. The van der Waals surface area contributed by atoms with Crippen LogP contribution in [0.5, 0.6) is 0 Å². The molecule has 4 nitrogen and oxygen atoms in total. The van der Waals surface area contributed by atoms with E-state index in [0.717, 1.165) is 11.9 Å². The topological polar surface area (TPSA) is 52.0 Å². The van der Waals surface area contributed by atoms with Crippen molar-refractivity contribution >= 4 is 11.6 Å². The quantitative estimate of drug-likeness (QED) is 0.736. The van der Waals surface area contributed by atoms with Gasteiger partial charge in [-0.15, -0.1) is 0 Å². The molecule has 3 rings (SSSR count). The summed E-state index contributed by atoms with van der Waals surface area (Å²) < 4.78 is 15.0. The molecule has 2 aromatic rings. The van der Waals surface area contributed by atoms with Gasteiger partial charge in [-0.05, 0) is 18.2 Å². The Bertz CT molecular complexity index is 731. The lowest BCUT2D eigenvalue weighted by Crippen LogP contribution is -2.22. The van der Waals surface area contributed by atoms with Gasteiger partial charge in [0.1, 0.15) is 17.3 Å². The number of hydrogen-bond acceptors (Lipinski definition) is 3. The fraction of sp³-hybridized carbons (Fsp3) is 0.214. The SMILES string of the molecule is CCc1nc2c(n1C)-c1ccc(F)cc1C(=O)C2=O. The van der Waals surface area contributed by atoms with Crippen LogP contribution in [-0.2, 0) is 13.5 Å². The first-order valence-corrected chi connectivity index (χ1v) is 5.99. The van der Waals surface area contributed by atoms with E-state index in [-0.39, 0.29) is 11.3 Å². The van der Waals surface area contributed by atoms with Crippen molar-refractivity contribution in [3.63, 3.8) is 0 Å². The minimum Gasteiger partial charge on any atom is -0.330 e. The molecule has 19 heavy (non-hydrogen) atoms. The summed E-state index contributed by atoms with van der Waals surface area (Å²) in [5.74, 6) is -1.16. The average Bonchev–Trinajstić information content (AvgIpc) is 2.73. The summed E-state index contributed by atoms with van der Waals surface area (Å²) in [6.45, 7) is 1.92. The number of ketones is 2. The van der Waals surface area contributed by atoms with Gasteiger partial charge in [-0.25, -0.2) is 9.37 Å². The van der Waals surface area contributed by atoms with E-state index in [1.54, 1.807) is 11.6 Å². The Morgan fingerprint density at radius 1 is 1.21 bits per heavy atom. The molecule has 0 atom stereocenters. The van der Waals surface area contributed by atoms with E-state index in [4.69, 9.17) is 0 Å². The van der Waals surface area contributed by atoms with Crippen LogP contribution in [0, 0.1) is 5.82 Å². The standard InChI is InChI=1S/C14H11FN2O2/c1-3-10-16-11-12(17(10)2)8-5-4-7(15)6-9(8)13(18)14(11)19/h4-6H,3H2,1-2H3. The van der Waals surface area contributed by atoms with Crippen molar-refractivity contribution in [3.05, 3.63) is 41.1 Å². The Morgan fingerprint density at radius 2 is 1.95 bits per heavy atom. The van der Waals surface area contributed by atoms with Crippen LogP contribution in [0.4, 0.5) is 4.39 Å². The molecule has 5 heteroatoms. The zero-order chi connectivity index (χ0) is 13.7. The molecule has 1 aromatic carbocycles. The number of rotatable bonds is 1. The van der Waals surface area contributed by atoms with E-state index in [9.17, 15) is 14.0 Å². The second-order valence-electron chi connectivity index (χ2n) is 4.49. The lowest BCUT2D eigenvalue weighted by Gasteiger charge is -2.15. The fourth-order valence-corrected chi connectivity index (χ4v) is 2.47. The minimum atomic E-state index is -0.692. The zero-order valence-electron chi connectivity index (χ0n) is 10.5. The van der Waals surface area contributed by atoms with E-state index in [1.165, 1.54) is 12.1 Å². The van der Waals surface area contributed by atoms with Crippen LogP contribution in [0.1, 0.15) is 33.6 Å². The number of carbonyl (C=O) groups is 2. The second kappa shape index (κ2) is 3.85. The predicted molar refractivity (Wildman–Crippen MR) is 66.6 cm³/mol. The van der Waals surface area contributed by atoms with E-state index in [1.807, 2.05) is 6.92 Å². The molecule has 0 aliphatic heterocycles. The number of hydrogen-bond donors (Lipinski definition) is 0. The summed E-state index contributed by atoms with van der Waals surface area (Å²) in [6.07, 6.45) is 0.654. The zero-order valence-corrected chi connectivity index (χ0v) is 10.5. The predicted octanol–water partition coefficient (Wildman–Crippen LogP) is 2.17. The molecule has 0 bridgehead atoms. The van der Waals surface area contributed by atoms with Crippen LogP contribution in [0.3, 0.4) is 0 Å². The highest BCUT2D eigenvalue weighted by atomic mass is 19.1. The van der Waals surface area contributed by atoms with Gasteiger partial charge in [0, 0.05) is 24.6 Å². The van der Waals surface area contributed by atoms with Crippen LogP contribution in [0.2, 0.25) is 0 Å². The van der Waals surface area contributed by atoms with Gasteiger partial charge in [0.05, 0.1) is 5.69 Å². The van der Waals surface area contributed by atoms with Crippen LogP contribution < -0.4 is 0 Å². The summed E-state index contributed by atoms with van der Waals surface area (Å²) in [5.41, 5.74) is 1.44. The molecule has 1 aliphatic carbocycles. The molecule has 0 saturated carbocycles. The van der Waals surface area contributed by atoms with E-state index in [0.29, 0.717) is 17.7 Å². The van der Waals surface area contributed by atoms with E-state index < -0.39 is 17.4 Å². The normalized spacial score (nSPS) is 13.4. The van der Waals surface area contributed by atoms with Gasteiger partial charge < -0.3 is 4.57 Å². The smallest absolute Gasteiger partial charge is 0.254 e. The summed E-state index contributed by atoms with van der Waals surface area (Å²) in [5, 5.41) is 0. The fourth-order valence-electron chi connectivity index (χ4n) is 2.47. The Labute approximate surface area is 108 Å². The monoisotopic (exact) mass is 258 g/mol. The third kappa shape index (κ3) is 1.47. The van der Waals surface area contributed by atoms with Gasteiger partial charge in [-0.3, -0.25) is 9.59 Å². The lowest BCUT2D eigenvalue weighted by atomic mass is 9.90. The van der Waals surface area contributed by atoms with Gasteiger partial charge in [-0.2, -0.15) is 0 Å². The van der Waals surface area contributed by atoms with Crippen molar-refractivity contribution < 1.29 is 14.0 Å². The van der Waals surface area contributed by atoms with Gasteiger partial charge in [-0.1, -0.05) is 6.92 Å². The van der Waals surface area contributed by atoms with Gasteiger partial charge >= 0.3 is 0 Å². The van der Waals surface area contributed by atoms with Crippen molar-refractivity contribution in [1.29, 1.82) is 0 Å². The Morgan fingerprint density at radius 3 is 2.63 bits per heavy atom. The third-order valence-electron chi connectivity index (χ3n) is 3.41. The lowest BCUT2D eigenvalue weighted by molar-refractivity contribution is 0.0812. The number of aromatic nitrogens is 2. The third-order valence-corrected chi connectivity index (χ3v) is 3.41. The largest absolute Gasteiger partial charge is 0.330 e. The Hall–Kier alpha value is -2.30. The first-order valence-electron chi connectivity index (χ1n) is 5.99. The number of Topliss-reactive ketones (excluding diaryl/α,β-unsaturated/α-hetero) is 2. The first kappa shape index (κ1) is 11.8. The molecule has 0 N–H and O–H groups in total. The first-order chi connectivity index (χ1) is 9.04. The van der Waals surface area contributed by atoms with E-state index >= 15 is 0 Å². The summed E-state index contributed by atoms with van der Waals surface area (Å²) in [7, 11) is 1.79. The van der Waals surface area contributed by atoms with Crippen molar-refractivity contribution in [1.82, 2.24) is 9.55 Å². The van der Waals surface area contributed by atoms with E-state index in [2.05, 4.69) is 4.98 Å². The van der Waals surface area contributed by atoms with Crippen molar-refractivity contribution in [3.8, 4) is 11.3 Å². The summed E-state index contributed by atoms with van der Waals surface area (Å²) in [6, 6.07) is 3.91. The molecule has 96 valence electrons. The summed E-state index contributed by atoms with van der Waals surface area (Å²) in [4.78, 5) is 28.2. The molecule has 0 amide bonds. The Balaban J connectivity index is 2.39. The number of halogens is 1. The van der Waals surface area contributed by atoms with Gasteiger partial charge in [0.2, 0.25) is 5.78 Å². The number of imidazole rings is 1. The number of aryl methyl sites for hydroxylation is 1. The Kier molecular flexibility index (Phi) is 2.38. The molecule has 0 radical (unpaired) electrons. The molecule has 1 heterocycles. The highest BCUT2D eigenvalue weighted by Crippen LogP contribution is 2.34. The molecular formula is C14H11FN2O2. The number of nitrogens with zero attached hydrogens (tertiary/aromatic N) is 2. The molecule has 0 saturated heterocycles. The maximum Gasteiger partial charge on any atom is 0.254 e. The number of fused-ring (bicyclic) bond motifs is 3. The summed E-state index contributed by atoms with van der Waals surface area (Å²) >= 11 is 0. The molecule has 1 aliphatic rings. The molecule has 0 fully saturated rings. The van der Waals surface area contributed by atoms with Gasteiger partial charge in [0.15, 0.2) is 0 Å². The van der Waals surface area contributed by atoms with Crippen molar-refractivity contribution in [2.24, 2.45) is 7.05 Å². The number of benzene rings is 1. The van der Waals surface area contributed by atoms with Crippen LogP contribution in [0.15, 0.2) is 18.2 Å². The molecule has 1 aromatic heterocycles. The van der Waals surface area contributed by atoms with Crippen molar-refractivity contribution in [2.45, 2.75) is 13.3 Å². The molecular weight excluding hydrogens is 247 g/mol. The van der Waals surface area contributed by atoms with Crippen LogP contribution in [0.25, 0.3) is 11.3 Å². The minimum absolute atomic E-state index is 0.114. The van der Waals surface area contributed by atoms with Crippen molar-refractivity contribution in [2.75, 3.05) is 0 Å². The highest BCUT2D eigenvalue weighted by molar-refractivity contribution is 6.52. The molecule has 0 spiro atoms. The average molecular weight is 258 g/mol. The maximum absolute atomic E-state index is 13.3. The van der Waals surface area contributed by atoms with Crippen LogP contribution >= 0.6 is 0 Å². The second-order valence-corrected chi connectivity index (χ2v) is 4.49. The highest BCUT2D eigenvalue weighted by Gasteiger charge is 2.35. The van der Waals surface area contributed by atoms with Gasteiger partial charge in [0.25, 0.3) is 5.78 Å². The maximum atomic E-state index is 13.3.